The summed E-state index contributed by atoms with van der Waals surface area (Å²) in [6.45, 7) is 4.34. The first kappa shape index (κ1) is 21.0. The summed E-state index contributed by atoms with van der Waals surface area (Å²) in [7, 11) is 1.41. The highest BCUT2D eigenvalue weighted by molar-refractivity contribution is 5.94. The SMILES string of the molecule is COc1ccc(C(=O)N2CCC(CCn3c(C)cnc3-c3cccnc3)CC2)cc1F. The molecule has 1 aliphatic rings. The molecule has 1 aromatic carbocycles. The number of aromatic nitrogens is 3. The van der Waals surface area contributed by atoms with Crippen LogP contribution in [-0.2, 0) is 6.54 Å². The molecule has 0 radical (unpaired) electrons. The van der Waals surface area contributed by atoms with Gasteiger partial charge in [0.05, 0.1) is 7.11 Å². The number of amides is 1. The number of halogens is 1. The molecule has 0 spiro atoms. The minimum atomic E-state index is -0.511. The number of hydrogen-bond donors (Lipinski definition) is 0. The monoisotopic (exact) mass is 422 g/mol. The summed E-state index contributed by atoms with van der Waals surface area (Å²) in [6.07, 6.45) is 8.42. The van der Waals surface area contributed by atoms with Crippen molar-refractivity contribution in [1.29, 1.82) is 0 Å². The van der Waals surface area contributed by atoms with Gasteiger partial charge in [-0.05, 0) is 62.4 Å². The number of aryl methyl sites for hydroxylation is 1. The number of carbonyl (C=O) groups excluding carboxylic acids is 1. The third-order valence-electron chi connectivity index (χ3n) is 6.04. The lowest BCUT2D eigenvalue weighted by atomic mass is 9.93. The van der Waals surface area contributed by atoms with Gasteiger partial charge < -0.3 is 14.2 Å². The minimum Gasteiger partial charge on any atom is -0.494 e. The number of imidazole rings is 1. The number of carbonyl (C=O) groups is 1. The molecule has 0 saturated carbocycles. The number of ether oxygens (including phenoxy) is 1. The van der Waals surface area contributed by atoms with Crippen molar-refractivity contribution < 1.29 is 13.9 Å². The second-order valence-electron chi connectivity index (χ2n) is 7.99. The molecule has 1 fully saturated rings. The molecule has 1 amide bonds. The van der Waals surface area contributed by atoms with Crippen molar-refractivity contribution in [1.82, 2.24) is 19.4 Å². The van der Waals surface area contributed by atoms with E-state index in [9.17, 15) is 9.18 Å². The van der Waals surface area contributed by atoms with E-state index in [1.165, 1.54) is 19.2 Å². The maximum atomic E-state index is 14.0. The summed E-state index contributed by atoms with van der Waals surface area (Å²) in [6, 6.07) is 8.33. The number of nitrogens with zero attached hydrogens (tertiary/aromatic N) is 4. The highest BCUT2D eigenvalue weighted by Gasteiger charge is 2.24. The Kier molecular flexibility index (Phi) is 6.30. The van der Waals surface area contributed by atoms with Crippen molar-refractivity contribution in [2.75, 3.05) is 20.2 Å². The van der Waals surface area contributed by atoms with Crippen LogP contribution in [-0.4, -0.2) is 45.5 Å². The summed E-state index contributed by atoms with van der Waals surface area (Å²) in [5.74, 6) is 1.00. The molecule has 0 N–H and O–H groups in total. The molecule has 0 unspecified atom stereocenters. The summed E-state index contributed by atoms with van der Waals surface area (Å²) in [5.41, 5.74) is 2.52. The van der Waals surface area contributed by atoms with Crippen LogP contribution in [0.4, 0.5) is 4.39 Å². The summed E-state index contributed by atoms with van der Waals surface area (Å²) >= 11 is 0. The van der Waals surface area contributed by atoms with Gasteiger partial charge in [0.15, 0.2) is 11.6 Å². The topological polar surface area (TPSA) is 60.2 Å². The lowest BCUT2D eigenvalue weighted by molar-refractivity contribution is 0.0684. The first-order valence-electron chi connectivity index (χ1n) is 10.6. The second-order valence-corrected chi connectivity index (χ2v) is 7.99. The van der Waals surface area contributed by atoms with Gasteiger partial charge in [0.1, 0.15) is 5.82 Å². The van der Waals surface area contributed by atoms with Gasteiger partial charge in [-0.3, -0.25) is 9.78 Å². The predicted molar refractivity (Wildman–Crippen MR) is 116 cm³/mol. The molecule has 0 bridgehead atoms. The molecule has 0 atom stereocenters. The zero-order chi connectivity index (χ0) is 21.8. The fourth-order valence-electron chi connectivity index (χ4n) is 4.19. The molecule has 31 heavy (non-hydrogen) atoms. The molecular weight excluding hydrogens is 395 g/mol. The van der Waals surface area contributed by atoms with Gasteiger partial charge in [0.2, 0.25) is 0 Å². The standard InChI is InChI=1S/C24H27FN4O2/c1-17-15-27-23(20-4-3-10-26-16-20)29(17)13-9-18-7-11-28(12-8-18)24(30)19-5-6-22(31-2)21(25)14-19/h3-6,10,14-16,18H,7-9,11-13H2,1-2H3. The third kappa shape index (κ3) is 4.60. The van der Waals surface area contributed by atoms with Crippen LogP contribution in [0, 0.1) is 18.7 Å². The Morgan fingerprint density at radius 3 is 2.71 bits per heavy atom. The van der Waals surface area contributed by atoms with Crippen LogP contribution in [0.15, 0.2) is 48.9 Å². The van der Waals surface area contributed by atoms with Crippen LogP contribution >= 0.6 is 0 Å². The Morgan fingerprint density at radius 1 is 1.23 bits per heavy atom. The highest BCUT2D eigenvalue weighted by Crippen LogP contribution is 2.26. The van der Waals surface area contributed by atoms with E-state index in [4.69, 9.17) is 4.74 Å². The Hall–Kier alpha value is -3.22. The predicted octanol–water partition coefficient (Wildman–Crippen LogP) is 4.34. The van der Waals surface area contributed by atoms with E-state index >= 15 is 0 Å². The van der Waals surface area contributed by atoms with Crippen LogP contribution in [0.2, 0.25) is 0 Å². The zero-order valence-electron chi connectivity index (χ0n) is 17.9. The van der Waals surface area contributed by atoms with E-state index in [0.29, 0.717) is 24.6 Å². The summed E-state index contributed by atoms with van der Waals surface area (Å²) in [4.78, 5) is 23.3. The summed E-state index contributed by atoms with van der Waals surface area (Å²) in [5, 5.41) is 0. The second kappa shape index (κ2) is 9.29. The van der Waals surface area contributed by atoms with E-state index in [1.54, 1.807) is 12.3 Å². The van der Waals surface area contributed by atoms with Gasteiger partial charge in [-0.25, -0.2) is 9.37 Å². The first-order chi connectivity index (χ1) is 15.1. The van der Waals surface area contributed by atoms with Gasteiger partial charge in [0, 0.05) is 55.0 Å². The fraction of sp³-hybridized carbons (Fsp3) is 0.375. The average molecular weight is 423 g/mol. The summed E-state index contributed by atoms with van der Waals surface area (Å²) < 4.78 is 21.1. The zero-order valence-corrected chi connectivity index (χ0v) is 17.9. The van der Waals surface area contributed by atoms with Gasteiger partial charge in [-0.15, -0.1) is 0 Å². The van der Waals surface area contributed by atoms with E-state index < -0.39 is 5.82 Å². The minimum absolute atomic E-state index is 0.121. The Bertz CT molecular complexity index is 1040. The number of hydrogen-bond acceptors (Lipinski definition) is 4. The molecule has 4 rings (SSSR count). The fourth-order valence-corrected chi connectivity index (χ4v) is 4.19. The maximum Gasteiger partial charge on any atom is 0.253 e. The number of likely N-dealkylation sites (tertiary alicyclic amines) is 1. The lowest BCUT2D eigenvalue weighted by Crippen LogP contribution is -2.38. The van der Waals surface area contributed by atoms with Gasteiger partial charge in [0.25, 0.3) is 5.91 Å². The highest BCUT2D eigenvalue weighted by atomic mass is 19.1. The van der Waals surface area contributed by atoms with Crippen LogP contribution in [0.1, 0.15) is 35.3 Å². The van der Waals surface area contributed by atoms with Gasteiger partial charge in [-0.2, -0.15) is 0 Å². The molecule has 3 heterocycles. The van der Waals surface area contributed by atoms with Crippen molar-refractivity contribution in [2.24, 2.45) is 5.92 Å². The van der Waals surface area contributed by atoms with Crippen molar-refractivity contribution in [3.05, 3.63) is 66.0 Å². The molecule has 6 nitrogen and oxygen atoms in total. The van der Waals surface area contributed by atoms with Crippen molar-refractivity contribution >= 4 is 5.91 Å². The number of piperidine rings is 1. The van der Waals surface area contributed by atoms with E-state index in [1.807, 2.05) is 29.4 Å². The third-order valence-corrected chi connectivity index (χ3v) is 6.04. The maximum absolute atomic E-state index is 14.0. The largest absolute Gasteiger partial charge is 0.494 e. The lowest BCUT2D eigenvalue weighted by Gasteiger charge is -2.32. The Balaban J connectivity index is 1.34. The number of rotatable bonds is 6. The van der Waals surface area contributed by atoms with Crippen molar-refractivity contribution in [3.63, 3.8) is 0 Å². The Labute approximate surface area is 181 Å². The van der Waals surface area contributed by atoms with E-state index in [-0.39, 0.29) is 11.7 Å². The van der Waals surface area contributed by atoms with Gasteiger partial charge >= 0.3 is 0 Å². The molecule has 1 aliphatic heterocycles. The molecule has 3 aromatic rings. The van der Waals surface area contributed by atoms with Crippen molar-refractivity contribution in [2.45, 2.75) is 32.7 Å². The van der Waals surface area contributed by atoms with E-state index in [0.717, 1.165) is 42.9 Å². The average Bonchev–Trinajstić information content (AvgIpc) is 3.18. The van der Waals surface area contributed by atoms with Crippen LogP contribution in [0.3, 0.4) is 0 Å². The molecule has 162 valence electrons. The molecule has 0 aliphatic carbocycles. The molecule has 7 heteroatoms. The normalized spacial score (nSPS) is 14.6. The van der Waals surface area contributed by atoms with Crippen molar-refractivity contribution in [3.8, 4) is 17.1 Å². The Morgan fingerprint density at radius 2 is 2.03 bits per heavy atom. The quantitative estimate of drug-likeness (QED) is 0.593. The molecular formula is C24H27FN4O2. The van der Waals surface area contributed by atoms with Gasteiger partial charge in [-0.1, -0.05) is 0 Å². The number of pyridine rings is 1. The molecule has 1 saturated heterocycles. The molecule has 2 aromatic heterocycles. The number of methoxy groups -OCH3 is 1. The number of benzene rings is 1. The first-order valence-corrected chi connectivity index (χ1v) is 10.6. The smallest absolute Gasteiger partial charge is 0.253 e. The van der Waals surface area contributed by atoms with Crippen LogP contribution in [0.5, 0.6) is 5.75 Å². The van der Waals surface area contributed by atoms with E-state index in [2.05, 4.69) is 21.5 Å². The van der Waals surface area contributed by atoms with Crippen LogP contribution < -0.4 is 4.74 Å². The van der Waals surface area contributed by atoms with Crippen LogP contribution in [0.25, 0.3) is 11.4 Å².